The second kappa shape index (κ2) is 10.7. The number of esters is 2. The molecule has 6 heteroatoms. The van der Waals surface area contributed by atoms with Crippen LogP contribution in [-0.2, 0) is 38.3 Å². The highest BCUT2D eigenvalue weighted by Crippen LogP contribution is 2.25. The summed E-state index contributed by atoms with van der Waals surface area (Å²) in [7, 11) is 2.50. The van der Waals surface area contributed by atoms with Gasteiger partial charge in [-0.05, 0) is 73.1 Å². The van der Waals surface area contributed by atoms with Gasteiger partial charge in [0.15, 0.2) is 5.92 Å². The van der Waals surface area contributed by atoms with E-state index in [1.807, 2.05) is 18.2 Å². The second-order valence-electron chi connectivity index (χ2n) is 7.28. The Kier molecular flexibility index (Phi) is 7.71. The van der Waals surface area contributed by atoms with Crippen LogP contribution in [0.5, 0.6) is 11.5 Å². The van der Waals surface area contributed by atoms with E-state index in [9.17, 15) is 9.59 Å². The molecule has 30 heavy (non-hydrogen) atoms. The van der Waals surface area contributed by atoms with Crippen molar-refractivity contribution in [3.8, 4) is 11.5 Å². The molecule has 1 aliphatic rings. The molecule has 0 heterocycles. The lowest BCUT2D eigenvalue weighted by molar-refractivity contribution is -0.158. The first-order chi connectivity index (χ1) is 14.6. The molecule has 0 radical (unpaired) electrons. The maximum atomic E-state index is 11.8. The monoisotopic (exact) mass is 412 g/mol. The number of benzene rings is 2. The third kappa shape index (κ3) is 5.75. The van der Waals surface area contributed by atoms with E-state index in [1.54, 1.807) is 12.1 Å². The number of carbonyl (C=O) groups is 2. The average Bonchev–Trinajstić information content (AvgIpc) is 2.80. The van der Waals surface area contributed by atoms with E-state index in [-0.39, 0.29) is 6.42 Å². The Hall–Kier alpha value is -3.02. The first kappa shape index (κ1) is 21.7. The van der Waals surface area contributed by atoms with Gasteiger partial charge in [0.25, 0.3) is 0 Å². The third-order valence-corrected chi connectivity index (χ3v) is 5.28. The molecule has 0 atom stereocenters. The number of hydrogen-bond acceptors (Lipinski definition) is 6. The molecule has 0 bridgehead atoms. The van der Waals surface area contributed by atoms with E-state index in [4.69, 9.17) is 9.47 Å². The Morgan fingerprint density at radius 1 is 0.800 bits per heavy atom. The van der Waals surface area contributed by atoms with E-state index < -0.39 is 17.9 Å². The Morgan fingerprint density at radius 2 is 1.37 bits per heavy atom. The quantitative estimate of drug-likeness (QED) is 0.357. The zero-order chi connectivity index (χ0) is 21.3. The summed E-state index contributed by atoms with van der Waals surface area (Å²) in [4.78, 5) is 23.6. The maximum Gasteiger partial charge on any atom is 0.320 e. The fraction of sp³-hybridized carbons (Fsp3) is 0.417. The number of hydrogen-bond donors (Lipinski definition) is 0. The highest BCUT2D eigenvalue weighted by atomic mass is 16.5. The predicted octanol–water partition coefficient (Wildman–Crippen LogP) is 3.53. The number of aryl methyl sites for hydroxylation is 2. The van der Waals surface area contributed by atoms with Crippen molar-refractivity contribution in [1.29, 1.82) is 0 Å². The zero-order valence-corrected chi connectivity index (χ0v) is 17.5. The maximum absolute atomic E-state index is 11.8. The van der Waals surface area contributed by atoms with Gasteiger partial charge in [-0.25, -0.2) is 0 Å². The Bertz CT molecular complexity index is 842. The fourth-order valence-corrected chi connectivity index (χ4v) is 3.62. The molecule has 0 N–H and O–H groups in total. The summed E-state index contributed by atoms with van der Waals surface area (Å²) in [5.41, 5.74) is 3.65. The normalized spacial score (nSPS) is 12.8. The predicted molar refractivity (Wildman–Crippen MR) is 112 cm³/mol. The van der Waals surface area contributed by atoms with Crippen molar-refractivity contribution in [2.24, 2.45) is 5.92 Å². The van der Waals surface area contributed by atoms with Gasteiger partial charge in [-0.15, -0.1) is 0 Å². The SMILES string of the molecule is COC(=O)C(Cc1ccc(OCCOc2ccc3c(c2)CCCC3)cc1)C(=O)OC. The molecule has 0 saturated heterocycles. The molecule has 0 aromatic heterocycles. The molecule has 160 valence electrons. The lowest BCUT2D eigenvalue weighted by atomic mass is 9.92. The standard InChI is InChI=1S/C24H28O6/c1-27-23(25)22(24(26)28-2)15-17-7-10-20(11-8-17)29-13-14-30-21-12-9-18-5-3-4-6-19(18)16-21/h7-12,16,22H,3-6,13-15H2,1-2H3. The van der Waals surface area contributed by atoms with Crippen molar-refractivity contribution in [3.63, 3.8) is 0 Å². The van der Waals surface area contributed by atoms with Crippen molar-refractivity contribution in [2.75, 3.05) is 27.4 Å². The van der Waals surface area contributed by atoms with Crippen molar-refractivity contribution in [3.05, 3.63) is 59.2 Å². The third-order valence-electron chi connectivity index (χ3n) is 5.28. The summed E-state index contributed by atoms with van der Waals surface area (Å²) in [6, 6.07) is 13.6. The van der Waals surface area contributed by atoms with Gasteiger partial charge < -0.3 is 18.9 Å². The lowest BCUT2D eigenvalue weighted by Crippen LogP contribution is -2.28. The molecular weight excluding hydrogens is 384 g/mol. The average molecular weight is 412 g/mol. The van der Waals surface area contributed by atoms with Gasteiger partial charge in [0.1, 0.15) is 24.7 Å². The van der Waals surface area contributed by atoms with Gasteiger partial charge in [0.2, 0.25) is 0 Å². The van der Waals surface area contributed by atoms with Crippen LogP contribution in [0.4, 0.5) is 0 Å². The Balaban J connectivity index is 1.46. The fourth-order valence-electron chi connectivity index (χ4n) is 3.62. The number of fused-ring (bicyclic) bond motifs is 1. The van der Waals surface area contributed by atoms with Crippen LogP contribution in [0.3, 0.4) is 0 Å². The van der Waals surface area contributed by atoms with Crippen LogP contribution in [-0.4, -0.2) is 39.4 Å². The van der Waals surface area contributed by atoms with Gasteiger partial charge in [-0.2, -0.15) is 0 Å². The first-order valence-electron chi connectivity index (χ1n) is 10.2. The molecular formula is C24H28O6. The van der Waals surface area contributed by atoms with E-state index in [2.05, 4.69) is 21.6 Å². The number of ether oxygens (including phenoxy) is 4. The van der Waals surface area contributed by atoms with Gasteiger partial charge in [0, 0.05) is 0 Å². The molecule has 6 nitrogen and oxygen atoms in total. The molecule has 0 unspecified atom stereocenters. The topological polar surface area (TPSA) is 71.1 Å². The molecule has 0 aliphatic heterocycles. The highest BCUT2D eigenvalue weighted by Gasteiger charge is 2.28. The van der Waals surface area contributed by atoms with E-state index in [1.165, 1.54) is 38.2 Å². The number of rotatable bonds is 9. The van der Waals surface area contributed by atoms with Crippen molar-refractivity contribution in [2.45, 2.75) is 32.1 Å². The minimum Gasteiger partial charge on any atom is -0.490 e. The Morgan fingerprint density at radius 3 is 2.00 bits per heavy atom. The summed E-state index contributed by atoms with van der Waals surface area (Å²) in [6.45, 7) is 0.872. The largest absolute Gasteiger partial charge is 0.490 e. The van der Waals surface area contributed by atoms with Crippen LogP contribution in [0.15, 0.2) is 42.5 Å². The van der Waals surface area contributed by atoms with Crippen LogP contribution >= 0.6 is 0 Å². The van der Waals surface area contributed by atoms with Crippen LogP contribution in [0.25, 0.3) is 0 Å². The van der Waals surface area contributed by atoms with Gasteiger partial charge in [0.05, 0.1) is 14.2 Å². The van der Waals surface area contributed by atoms with E-state index in [0.29, 0.717) is 19.0 Å². The lowest BCUT2D eigenvalue weighted by Gasteiger charge is -2.17. The van der Waals surface area contributed by atoms with Crippen LogP contribution in [0.1, 0.15) is 29.5 Å². The molecule has 3 rings (SSSR count). The molecule has 2 aromatic carbocycles. The summed E-state index contributed by atoms with van der Waals surface area (Å²) in [6.07, 6.45) is 5.01. The summed E-state index contributed by atoms with van der Waals surface area (Å²) in [5.74, 6) is -0.619. The van der Waals surface area contributed by atoms with E-state index in [0.717, 1.165) is 24.2 Å². The molecule has 0 fully saturated rings. The summed E-state index contributed by atoms with van der Waals surface area (Å²) in [5, 5.41) is 0. The summed E-state index contributed by atoms with van der Waals surface area (Å²) >= 11 is 0. The first-order valence-corrected chi connectivity index (χ1v) is 10.2. The van der Waals surface area contributed by atoms with Crippen molar-refractivity contribution in [1.82, 2.24) is 0 Å². The van der Waals surface area contributed by atoms with Crippen LogP contribution < -0.4 is 9.47 Å². The summed E-state index contributed by atoms with van der Waals surface area (Å²) < 4.78 is 20.9. The molecule has 0 saturated carbocycles. The zero-order valence-electron chi connectivity index (χ0n) is 17.5. The van der Waals surface area contributed by atoms with Gasteiger partial charge in [-0.3, -0.25) is 9.59 Å². The van der Waals surface area contributed by atoms with Crippen molar-refractivity contribution < 1.29 is 28.5 Å². The minimum absolute atomic E-state index is 0.209. The van der Waals surface area contributed by atoms with Gasteiger partial charge in [-0.1, -0.05) is 18.2 Å². The molecule has 2 aromatic rings. The molecule has 0 amide bonds. The highest BCUT2D eigenvalue weighted by molar-refractivity contribution is 5.95. The van der Waals surface area contributed by atoms with Gasteiger partial charge >= 0.3 is 11.9 Å². The number of carbonyl (C=O) groups excluding carboxylic acids is 2. The van der Waals surface area contributed by atoms with E-state index >= 15 is 0 Å². The van der Waals surface area contributed by atoms with Crippen LogP contribution in [0.2, 0.25) is 0 Å². The Labute approximate surface area is 177 Å². The smallest absolute Gasteiger partial charge is 0.320 e. The molecule has 1 aliphatic carbocycles. The minimum atomic E-state index is -0.975. The van der Waals surface area contributed by atoms with Crippen molar-refractivity contribution >= 4 is 11.9 Å². The van der Waals surface area contributed by atoms with Crippen LogP contribution in [0, 0.1) is 5.92 Å². The number of methoxy groups -OCH3 is 2. The second-order valence-corrected chi connectivity index (χ2v) is 7.28. The molecule has 0 spiro atoms.